The fraction of sp³-hybridized carbons (Fsp3) is 0.143. The van der Waals surface area contributed by atoms with E-state index in [1.807, 2.05) is 0 Å². The number of methoxy groups -OCH3 is 2. The average Bonchev–Trinajstić information content (AvgIpc) is 2.47. The Kier molecular flexibility index (Phi) is 3.93. The minimum atomic E-state index is -3.76. The maximum atomic E-state index is 12.8. The minimum absolute atomic E-state index is 0.266. The molecule has 2 aromatic carbocycles. The zero-order valence-corrected chi connectivity index (χ0v) is 11.6. The second-order valence-corrected chi connectivity index (χ2v) is 6.04. The van der Waals surface area contributed by atoms with Gasteiger partial charge in [0.05, 0.1) is 24.8 Å². The van der Waals surface area contributed by atoms with Crippen molar-refractivity contribution < 1.29 is 18.9 Å². The van der Waals surface area contributed by atoms with Gasteiger partial charge in [0.1, 0.15) is 11.5 Å². The molecular formula is C14H15O4P. The molecule has 0 unspecified atom stereocenters. The Morgan fingerprint density at radius 3 is 1.58 bits per heavy atom. The lowest BCUT2D eigenvalue weighted by atomic mass is 10.3. The summed E-state index contributed by atoms with van der Waals surface area (Å²) in [7, 11) is -0.809. The van der Waals surface area contributed by atoms with Crippen LogP contribution in [0.2, 0.25) is 0 Å². The number of hydrogen-bond acceptors (Lipinski definition) is 3. The highest BCUT2D eigenvalue weighted by Gasteiger charge is 2.30. The van der Waals surface area contributed by atoms with Gasteiger partial charge in [0.2, 0.25) is 0 Å². The van der Waals surface area contributed by atoms with E-state index < -0.39 is 7.37 Å². The molecule has 2 aromatic rings. The molecule has 0 spiro atoms. The van der Waals surface area contributed by atoms with Crippen molar-refractivity contribution in [3.63, 3.8) is 0 Å². The maximum absolute atomic E-state index is 12.8. The Morgan fingerprint density at radius 2 is 1.21 bits per heavy atom. The van der Waals surface area contributed by atoms with Crippen molar-refractivity contribution in [3.8, 4) is 11.5 Å². The van der Waals surface area contributed by atoms with E-state index in [0.717, 1.165) is 0 Å². The summed E-state index contributed by atoms with van der Waals surface area (Å²) in [6.45, 7) is 0. The van der Waals surface area contributed by atoms with Gasteiger partial charge in [-0.25, -0.2) is 0 Å². The number of rotatable bonds is 4. The summed E-state index contributed by atoms with van der Waals surface area (Å²) in [6.07, 6.45) is 0. The fourth-order valence-electron chi connectivity index (χ4n) is 1.89. The van der Waals surface area contributed by atoms with E-state index in [1.165, 1.54) is 14.2 Å². The van der Waals surface area contributed by atoms with Crippen LogP contribution in [0.4, 0.5) is 0 Å². The van der Waals surface area contributed by atoms with Crippen LogP contribution in [-0.2, 0) is 4.57 Å². The predicted octanol–water partition coefficient (Wildman–Crippen LogP) is 1.92. The number of para-hydroxylation sites is 2. The van der Waals surface area contributed by atoms with Gasteiger partial charge in [-0.3, -0.25) is 4.57 Å². The normalized spacial score (nSPS) is 11.1. The lowest BCUT2D eigenvalue weighted by molar-refractivity contribution is 0.413. The Balaban J connectivity index is 2.62. The molecule has 0 bridgehead atoms. The quantitative estimate of drug-likeness (QED) is 0.868. The van der Waals surface area contributed by atoms with E-state index in [2.05, 4.69) is 0 Å². The van der Waals surface area contributed by atoms with Gasteiger partial charge in [-0.2, -0.15) is 0 Å². The number of benzene rings is 2. The van der Waals surface area contributed by atoms with Gasteiger partial charge in [-0.05, 0) is 24.3 Å². The molecule has 0 aliphatic rings. The molecule has 0 aliphatic carbocycles. The van der Waals surface area contributed by atoms with E-state index in [-0.39, 0.29) is 10.6 Å². The largest absolute Gasteiger partial charge is 0.496 e. The molecule has 19 heavy (non-hydrogen) atoms. The summed E-state index contributed by atoms with van der Waals surface area (Å²) in [5, 5.41) is 0.531. The van der Waals surface area contributed by atoms with Crippen LogP contribution < -0.4 is 20.1 Å². The first-order valence-corrected chi connectivity index (χ1v) is 7.37. The van der Waals surface area contributed by atoms with Gasteiger partial charge in [-0.1, -0.05) is 24.3 Å². The van der Waals surface area contributed by atoms with E-state index in [0.29, 0.717) is 11.5 Å². The SMILES string of the molecule is COc1ccccc1P(=O)(O)c1ccccc1OC. The molecule has 1 N–H and O–H groups in total. The Morgan fingerprint density at radius 1 is 0.842 bits per heavy atom. The molecule has 0 aromatic heterocycles. The molecule has 0 radical (unpaired) electrons. The van der Waals surface area contributed by atoms with Crippen LogP contribution >= 0.6 is 7.37 Å². The van der Waals surface area contributed by atoms with E-state index in [9.17, 15) is 9.46 Å². The van der Waals surface area contributed by atoms with Crippen molar-refractivity contribution in [1.82, 2.24) is 0 Å². The summed E-state index contributed by atoms with van der Waals surface area (Å²) in [5.41, 5.74) is 0. The highest BCUT2D eigenvalue weighted by Crippen LogP contribution is 2.43. The summed E-state index contributed by atoms with van der Waals surface area (Å²) in [4.78, 5) is 10.5. The highest BCUT2D eigenvalue weighted by atomic mass is 31.2. The van der Waals surface area contributed by atoms with Crippen molar-refractivity contribution >= 4 is 18.0 Å². The third-order valence-corrected chi connectivity index (χ3v) is 4.87. The van der Waals surface area contributed by atoms with E-state index >= 15 is 0 Å². The molecule has 2 rings (SSSR count). The number of hydrogen-bond donors (Lipinski definition) is 1. The van der Waals surface area contributed by atoms with Gasteiger partial charge in [0, 0.05) is 0 Å². The molecule has 4 nitrogen and oxygen atoms in total. The van der Waals surface area contributed by atoms with Crippen molar-refractivity contribution in [2.24, 2.45) is 0 Å². The predicted molar refractivity (Wildman–Crippen MR) is 75.1 cm³/mol. The van der Waals surface area contributed by atoms with Crippen molar-refractivity contribution in [3.05, 3.63) is 48.5 Å². The number of ether oxygens (including phenoxy) is 2. The molecular weight excluding hydrogens is 263 g/mol. The molecule has 0 saturated heterocycles. The third-order valence-electron chi connectivity index (χ3n) is 2.82. The lowest BCUT2D eigenvalue weighted by Gasteiger charge is -2.17. The first kappa shape index (κ1) is 13.7. The standard InChI is InChI=1S/C14H15O4P/c1-17-11-7-3-5-9-13(11)19(15,16)14-10-6-4-8-12(14)18-2/h3-10H,1-2H3,(H,15,16). The summed E-state index contributed by atoms with van der Waals surface area (Å²) in [5.74, 6) is 0.776. The Labute approximate surface area is 112 Å². The molecule has 0 amide bonds. The molecule has 0 saturated carbocycles. The van der Waals surface area contributed by atoms with Crippen molar-refractivity contribution in [2.75, 3.05) is 14.2 Å². The highest BCUT2D eigenvalue weighted by molar-refractivity contribution is 7.73. The average molecular weight is 278 g/mol. The Bertz CT molecular complexity index is 573. The molecule has 5 heteroatoms. The van der Waals surface area contributed by atoms with E-state index in [4.69, 9.17) is 9.47 Å². The van der Waals surface area contributed by atoms with Gasteiger partial charge < -0.3 is 14.4 Å². The van der Waals surface area contributed by atoms with Crippen LogP contribution in [0.1, 0.15) is 0 Å². The third kappa shape index (κ3) is 2.50. The Hall–Kier alpha value is -1.77. The smallest absolute Gasteiger partial charge is 0.266 e. The van der Waals surface area contributed by atoms with Crippen molar-refractivity contribution in [2.45, 2.75) is 0 Å². The fourth-order valence-corrected chi connectivity index (χ4v) is 3.65. The molecule has 0 aliphatic heterocycles. The van der Waals surface area contributed by atoms with Crippen LogP contribution in [0.25, 0.3) is 0 Å². The van der Waals surface area contributed by atoms with Gasteiger partial charge >= 0.3 is 0 Å². The monoisotopic (exact) mass is 278 g/mol. The second kappa shape index (κ2) is 5.47. The van der Waals surface area contributed by atoms with Crippen LogP contribution in [0.3, 0.4) is 0 Å². The van der Waals surface area contributed by atoms with Crippen LogP contribution in [0, 0.1) is 0 Å². The van der Waals surface area contributed by atoms with Crippen molar-refractivity contribution in [1.29, 1.82) is 0 Å². The van der Waals surface area contributed by atoms with E-state index in [1.54, 1.807) is 48.5 Å². The molecule has 0 heterocycles. The second-order valence-electron chi connectivity index (χ2n) is 3.92. The van der Waals surface area contributed by atoms with Gasteiger partial charge in [-0.15, -0.1) is 0 Å². The zero-order valence-electron chi connectivity index (χ0n) is 10.7. The van der Waals surface area contributed by atoms with Crippen LogP contribution in [-0.4, -0.2) is 19.1 Å². The topological polar surface area (TPSA) is 55.8 Å². The first-order valence-electron chi connectivity index (χ1n) is 5.71. The van der Waals surface area contributed by atoms with Crippen LogP contribution in [0.5, 0.6) is 11.5 Å². The summed E-state index contributed by atoms with van der Waals surface area (Å²) < 4.78 is 23.1. The summed E-state index contributed by atoms with van der Waals surface area (Å²) in [6, 6.07) is 13.4. The van der Waals surface area contributed by atoms with Gasteiger partial charge in [0.15, 0.2) is 0 Å². The lowest BCUT2D eigenvalue weighted by Crippen LogP contribution is -2.18. The van der Waals surface area contributed by atoms with Crippen LogP contribution in [0.15, 0.2) is 48.5 Å². The zero-order chi connectivity index (χ0) is 13.9. The first-order chi connectivity index (χ1) is 9.11. The summed E-state index contributed by atoms with van der Waals surface area (Å²) >= 11 is 0. The molecule has 100 valence electrons. The van der Waals surface area contributed by atoms with Gasteiger partial charge in [0.25, 0.3) is 7.37 Å². The molecule has 0 atom stereocenters. The maximum Gasteiger partial charge on any atom is 0.266 e. The minimum Gasteiger partial charge on any atom is -0.496 e. The molecule has 0 fully saturated rings.